The number of ether oxygens (including phenoxy) is 2. The van der Waals surface area contributed by atoms with Gasteiger partial charge in [0.2, 0.25) is 12.7 Å². The Bertz CT molecular complexity index is 956. The molecule has 1 aromatic heterocycles. The van der Waals surface area contributed by atoms with E-state index in [0.29, 0.717) is 37.6 Å². The van der Waals surface area contributed by atoms with Gasteiger partial charge in [0.05, 0.1) is 11.5 Å². The van der Waals surface area contributed by atoms with Gasteiger partial charge < -0.3 is 24.8 Å². The lowest BCUT2D eigenvalue weighted by Crippen LogP contribution is -2.56. The average Bonchev–Trinajstić information content (AvgIpc) is 3.48. The van der Waals surface area contributed by atoms with E-state index in [1.165, 1.54) is 0 Å². The van der Waals surface area contributed by atoms with Crippen molar-refractivity contribution in [2.24, 2.45) is 0 Å². The Hall–Kier alpha value is -2.95. The van der Waals surface area contributed by atoms with Crippen LogP contribution in [0.1, 0.15) is 15.2 Å². The highest BCUT2D eigenvalue weighted by Gasteiger charge is 2.30. The lowest BCUT2D eigenvalue weighted by atomic mass is 10.1. The van der Waals surface area contributed by atoms with Crippen molar-refractivity contribution in [2.45, 2.75) is 12.6 Å². The number of thiophene rings is 1. The van der Waals surface area contributed by atoms with Crippen LogP contribution in [0.2, 0.25) is 0 Å². The van der Waals surface area contributed by atoms with E-state index in [0.717, 1.165) is 28.4 Å². The molecule has 9 nitrogen and oxygen atoms in total. The summed E-state index contributed by atoms with van der Waals surface area (Å²) in [7, 11) is 0. The molecule has 2 aliphatic rings. The minimum Gasteiger partial charge on any atom is -0.454 e. The molecular formula is C21H23N3O6S. The second-order valence-corrected chi connectivity index (χ2v) is 8.25. The van der Waals surface area contributed by atoms with Crippen molar-refractivity contribution in [3.05, 3.63) is 46.2 Å². The van der Waals surface area contributed by atoms with E-state index in [1.54, 1.807) is 22.4 Å². The predicted octanol–water partition coefficient (Wildman–Crippen LogP) is 0.481. The molecule has 4 rings (SSSR count). The summed E-state index contributed by atoms with van der Waals surface area (Å²) in [5.41, 5.74) is 1.09. The summed E-state index contributed by atoms with van der Waals surface area (Å²) in [5, 5.41) is 13.7. The molecular weight excluding hydrogens is 422 g/mol. The van der Waals surface area contributed by atoms with E-state index in [-0.39, 0.29) is 6.79 Å². The largest absolute Gasteiger partial charge is 0.454 e. The Morgan fingerprint density at radius 1 is 1.10 bits per heavy atom. The average molecular weight is 445 g/mol. The van der Waals surface area contributed by atoms with Crippen molar-refractivity contribution in [1.82, 2.24) is 15.1 Å². The molecule has 0 bridgehead atoms. The van der Waals surface area contributed by atoms with E-state index < -0.39 is 30.2 Å². The fourth-order valence-corrected chi connectivity index (χ4v) is 4.23. The number of nitrogens with one attached hydrogen (secondary N) is 1. The van der Waals surface area contributed by atoms with Crippen molar-refractivity contribution >= 4 is 28.9 Å². The molecule has 2 aromatic rings. The van der Waals surface area contributed by atoms with Crippen molar-refractivity contribution in [2.75, 3.05) is 39.6 Å². The van der Waals surface area contributed by atoms with Crippen LogP contribution in [0.4, 0.5) is 0 Å². The van der Waals surface area contributed by atoms with E-state index in [9.17, 15) is 19.5 Å². The van der Waals surface area contributed by atoms with Gasteiger partial charge >= 0.3 is 0 Å². The molecule has 1 fully saturated rings. The van der Waals surface area contributed by atoms with Gasteiger partial charge in [-0.05, 0) is 29.1 Å². The number of ketones is 1. The molecule has 2 amide bonds. The fourth-order valence-electron chi connectivity index (χ4n) is 3.57. The summed E-state index contributed by atoms with van der Waals surface area (Å²) in [6.45, 7) is 2.62. The number of aliphatic hydroxyl groups excluding tert-OH is 1. The van der Waals surface area contributed by atoms with Gasteiger partial charge in [0.25, 0.3) is 11.7 Å². The molecule has 31 heavy (non-hydrogen) atoms. The van der Waals surface area contributed by atoms with Gasteiger partial charge in [0.15, 0.2) is 11.5 Å². The van der Waals surface area contributed by atoms with E-state index in [4.69, 9.17) is 9.47 Å². The maximum atomic E-state index is 12.8. The van der Waals surface area contributed by atoms with Crippen molar-refractivity contribution in [1.29, 1.82) is 0 Å². The monoisotopic (exact) mass is 445 g/mol. The molecule has 1 saturated heterocycles. The topological polar surface area (TPSA) is 108 Å². The lowest BCUT2D eigenvalue weighted by Gasteiger charge is -2.36. The third-order valence-electron chi connectivity index (χ3n) is 5.26. The first-order valence-corrected chi connectivity index (χ1v) is 10.8. The Kier molecular flexibility index (Phi) is 6.50. The zero-order chi connectivity index (χ0) is 21.8. The Morgan fingerprint density at radius 2 is 1.87 bits per heavy atom. The first-order valence-electron chi connectivity index (χ1n) is 9.94. The molecule has 3 heterocycles. The van der Waals surface area contributed by atoms with Gasteiger partial charge in [-0.3, -0.25) is 19.3 Å². The fraction of sp³-hybridized carbons (Fsp3) is 0.381. The van der Waals surface area contributed by atoms with Gasteiger partial charge in [0, 0.05) is 32.7 Å². The summed E-state index contributed by atoms with van der Waals surface area (Å²) < 4.78 is 10.7. The molecule has 164 valence electrons. The van der Waals surface area contributed by atoms with Crippen LogP contribution in [-0.2, 0) is 16.1 Å². The first-order chi connectivity index (χ1) is 15.0. The molecule has 0 saturated carbocycles. The standard InChI is InChI=1S/C21H23N3O6S/c25-12-15(22-20(27)19(26)18-2-1-9-31-18)21(28)24-7-5-23(6-8-24)11-14-3-4-16-17(10-14)30-13-29-16/h1-4,9-10,15,25H,5-8,11-13H2,(H,22,27)/t15-/m0/s1. The van der Waals surface area contributed by atoms with Crippen LogP contribution in [0.3, 0.4) is 0 Å². The van der Waals surface area contributed by atoms with Crippen molar-refractivity contribution < 1.29 is 29.0 Å². The quantitative estimate of drug-likeness (QED) is 0.471. The molecule has 0 aliphatic carbocycles. The summed E-state index contributed by atoms with van der Waals surface area (Å²) in [6, 6.07) is 7.92. The van der Waals surface area contributed by atoms with Gasteiger partial charge in [0.1, 0.15) is 6.04 Å². The molecule has 2 N–H and O–H groups in total. The molecule has 0 radical (unpaired) electrons. The minimum absolute atomic E-state index is 0.237. The Labute approximate surface area is 183 Å². The predicted molar refractivity (Wildman–Crippen MR) is 112 cm³/mol. The van der Waals surface area contributed by atoms with Crippen LogP contribution < -0.4 is 14.8 Å². The number of carbonyl (C=O) groups is 3. The molecule has 0 spiro atoms. The third kappa shape index (κ3) is 4.87. The summed E-state index contributed by atoms with van der Waals surface area (Å²) in [4.78, 5) is 41.2. The smallest absolute Gasteiger partial charge is 0.293 e. The van der Waals surface area contributed by atoms with Gasteiger partial charge in [-0.1, -0.05) is 12.1 Å². The number of aliphatic hydroxyl groups is 1. The number of carbonyl (C=O) groups excluding carboxylic acids is 3. The number of Topliss-reactive ketones (excluding diaryl/α,β-unsaturated/α-hetero) is 1. The highest BCUT2D eigenvalue weighted by Crippen LogP contribution is 2.32. The van der Waals surface area contributed by atoms with Crippen molar-refractivity contribution in [3.63, 3.8) is 0 Å². The number of amides is 2. The van der Waals surface area contributed by atoms with Crippen LogP contribution in [-0.4, -0.2) is 78.1 Å². The van der Waals surface area contributed by atoms with Crippen molar-refractivity contribution in [3.8, 4) is 11.5 Å². The number of hydrogen-bond donors (Lipinski definition) is 2. The maximum absolute atomic E-state index is 12.8. The highest BCUT2D eigenvalue weighted by atomic mass is 32.1. The van der Waals surface area contributed by atoms with Crippen LogP contribution in [0.15, 0.2) is 35.7 Å². The van der Waals surface area contributed by atoms with Gasteiger partial charge in [-0.15, -0.1) is 11.3 Å². The number of benzene rings is 1. The molecule has 1 aromatic carbocycles. The van der Waals surface area contributed by atoms with Crippen LogP contribution in [0, 0.1) is 0 Å². The van der Waals surface area contributed by atoms with E-state index in [1.807, 2.05) is 18.2 Å². The van der Waals surface area contributed by atoms with Crippen LogP contribution >= 0.6 is 11.3 Å². The second kappa shape index (κ2) is 9.46. The SMILES string of the molecule is O=C(N[C@@H](CO)C(=O)N1CCN(Cc2ccc3c(c2)OCO3)CC1)C(=O)c1cccs1. The molecule has 2 aliphatic heterocycles. The molecule has 10 heteroatoms. The number of fused-ring (bicyclic) bond motifs is 1. The molecule has 1 atom stereocenters. The number of rotatable bonds is 7. The summed E-state index contributed by atoms with van der Waals surface area (Å²) in [6.07, 6.45) is 0. The van der Waals surface area contributed by atoms with E-state index in [2.05, 4.69) is 10.2 Å². The summed E-state index contributed by atoms with van der Waals surface area (Å²) in [5.74, 6) is -0.512. The maximum Gasteiger partial charge on any atom is 0.293 e. The number of hydrogen-bond acceptors (Lipinski definition) is 8. The lowest BCUT2D eigenvalue weighted by molar-refractivity contribution is -0.138. The number of piperazine rings is 1. The Morgan fingerprint density at radius 3 is 2.58 bits per heavy atom. The third-order valence-corrected chi connectivity index (χ3v) is 6.13. The zero-order valence-electron chi connectivity index (χ0n) is 16.8. The Balaban J connectivity index is 1.28. The van der Waals surface area contributed by atoms with Crippen LogP contribution in [0.5, 0.6) is 11.5 Å². The van der Waals surface area contributed by atoms with Gasteiger partial charge in [-0.25, -0.2) is 0 Å². The number of nitrogens with zero attached hydrogens (tertiary/aromatic N) is 2. The van der Waals surface area contributed by atoms with Crippen LogP contribution in [0.25, 0.3) is 0 Å². The summed E-state index contributed by atoms with van der Waals surface area (Å²) >= 11 is 1.15. The minimum atomic E-state index is -1.14. The van der Waals surface area contributed by atoms with Gasteiger partial charge in [-0.2, -0.15) is 0 Å². The zero-order valence-corrected chi connectivity index (χ0v) is 17.6. The highest BCUT2D eigenvalue weighted by molar-refractivity contribution is 7.13. The molecule has 0 unspecified atom stereocenters. The first kappa shape index (κ1) is 21.3. The second-order valence-electron chi connectivity index (χ2n) is 7.30. The van der Waals surface area contributed by atoms with E-state index >= 15 is 0 Å². The normalized spacial score (nSPS) is 16.7.